The van der Waals surface area contributed by atoms with Crippen LogP contribution in [0.25, 0.3) is 22.9 Å². The molecule has 0 aliphatic rings. The summed E-state index contributed by atoms with van der Waals surface area (Å²) in [5, 5.41) is 15.0. The van der Waals surface area contributed by atoms with E-state index in [2.05, 4.69) is 25.7 Å². The number of nitrogens with one attached hydrogen (secondary N) is 1. The molecule has 0 aromatic carbocycles. The lowest BCUT2D eigenvalue weighted by Crippen LogP contribution is -2.14. The van der Waals surface area contributed by atoms with Gasteiger partial charge in [0.15, 0.2) is 23.0 Å². The Balaban J connectivity index is 1.52. The lowest BCUT2D eigenvalue weighted by Gasteiger charge is -2.05. The van der Waals surface area contributed by atoms with Crippen LogP contribution in [-0.2, 0) is 4.79 Å². The molecule has 4 aromatic heterocycles. The van der Waals surface area contributed by atoms with Crippen LogP contribution in [-0.4, -0.2) is 32.0 Å². The number of carbonyl (C=O) groups excluding carboxylic acids is 1. The molecule has 136 valence electrons. The number of anilines is 1. The molecule has 0 spiro atoms. The summed E-state index contributed by atoms with van der Waals surface area (Å²) < 4.78 is 15.7. The fourth-order valence-corrected chi connectivity index (χ4v) is 2.86. The molecule has 1 N–H and O–H groups in total. The Morgan fingerprint density at radius 3 is 2.48 bits per heavy atom. The molecule has 4 rings (SSSR count). The Bertz CT molecular complexity index is 1040. The number of nitrogens with zero attached hydrogens (tertiary/aromatic N) is 4. The van der Waals surface area contributed by atoms with E-state index in [0.717, 1.165) is 11.8 Å². The molecule has 0 fully saturated rings. The van der Waals surface area contributed by atoms with Gasteiger partial charge in [-0.2, -0.15) is 0 Å². The minimum Gasteiger partial charge on any atom is -0.463 e. The molecule has 4 heterocycles. The molecule has 0 aliphatic heterocycles. The predicted molar refractivity (Wildman–Crippen MR) is 95.8 cm³/mol. The van der Waals surface area contributed by atoms with Crippen LogP contribution < -0.4 is 5.32 Å². The number of rotatable bonds is 6. The van der Waals surface area contributed by atoms with Crippen molar-refractivity contribution >= 4 is 23.5 Å². The van der Waals surface area contributed by atoms with Gasteiger partial charge in [0.05, 0.1) is 18.3 Å². The molecule has 0 atom stereocenters. The van der Waals surface area contributed by atoms with Crippen molar-refractivity contribution in [2.75, 3.05) is 11.1 Å². The molecule has 9 nitrogen and oxygen atoms in total. The molecule has 0 aliphatic carbocycles. The first-order valence-electron chi connectivity index (χ1n) is 7.87. The maximum Gasteiger partial charge on any atom is 0.236 e. The predicted octanol–water partition coefficient (Wildman–Crippen LogP) is 3.42. The van der Waals surface area contributed by atoms with Gasteiger partial charge in [-0.15, -0.1) is 10.2 Å². The van der Waals surface area contributed by atoms with Crippen molar-refractivity contribution in [1.82, 2.24) is 20.3 Å². The van der Waals surface area contributed by atoms with Gasteiger partial charge in [-0.3, -0.25) is 4.79 Å². The zero-order valence-electron chi connectivity index (χ0n) is 14.1. The number of carbonyl (C=O) groups is 1. The van der Waals surface area contributed by atoms with E-state index in [9.17, 15) is 4.79 Å². The number of aromatic nitrogens is 4. The molecule has 0 saturated heterocycles. The van der Waals surface area contributed by atoms with Crippen molar-refractivity contribution in [2.24, 2.45) is 0 Å². The topological polar surface area (TPSA) is 120 Å². The van der Waals surface area contributed by atoms with Crippen LogP contribution in [0.3, 0.4) is 0 Å². The van der Waals surface area contributed by atoms with Gasteiger partial charge in [0.1, 0.15) is 11.5 Å². The average Bonchev–Trinajstić information content (AvgIpc) is 3.43. The van der Waals surface area contributed by atoms with Gasteiger partial charge in [0, 0.05) is 6.07 Å². The van der Waals surface area contributed by atoms with E-state index in [0.29, 0.717) is 39.6 Å². The number of aryl methyl sites for hydroxylation is 1. The summed E-state index contributed by atoms with van der Waals surface area (Å²) in [6.07, 6.45) is 3.09. The van der Waals surface area contributed by atoms with Crippen LogP contribution in [0.4, 0.5) is 5.82 Å². The lowest BCUT2D eigenvalue weighted by molar-refractivity contribution is -0.113. The molecule has 0 bridgehead atoms. The number of thioether (sulfide) groups is 1. The van der Waals surface area contributed by atoms with E-state index in [1.54, 1.807) is 49.8 Å². The Kier molecular flexibility index (Phi) is 4.71. The molecule has 10 heteroatoms. The standard InChI is InChI=1S/C17H13N5O4S/c1-10-8-13(22-26-10)18-14(23)9-27-17-19-15(11-4-2-6-24-11)16(20-21-17)12-5-3-7-25-12/h2-8H,9H2,1H3,(H,18,22,23). The van der Waals surface area contributed by atoms with E-state index in [1.165, 1.54) is 0 Å². The second kappa shape index (κ2) is 7.46. The molecule has 0 unspecified atom stereocenters. The third-order valence-electron chi connectivity index (χ3n) is 3.40. The monoisotopic (exact) mass is 383 g/mol. The van der Waals surface area contributed by atoms with E-state index < -0.39 is 0 Å². The van der Waals surface area contributed by atoms with Gasteiger partial charge < -0.3 is 18.7 Å². The van der Waals surface area contributed by atoms with Crippen molar-refractivity contribution in [3.63, 3.8) is 0 Å². The van der Waals surface area contributed by atoms with E-state index >= 15 is 0 Å². The van der Waals surface area contributed by atoms with Crippen molar-refractivity contribution < 1.29 is 18.2 Å². The average molecular weight is 383 g/mol. The SMILES string of the molecule is Cc1cc(NC(=O)CSc2nnc(-c3ccco3)c(-c3ccco3)n2)no1. The first-order chi connectivity index (χ1) is 13.2. The number of hydrogen-bond acceptors (Lipinski definition) is 9. The Morgan fingerprint density at radius 2 is 1.85 bits per heavy atom. The Labute approximate surface area is 157 Å². The maximum absolute atomic E-state index is 12.0. The summed E-state index contributed by atoms with van der Waals surface area (Å²) in [6, 6.07) is 8.67. The van der Waals surface area contributed by atoms with Gasteiger partial charge >= 0.3 is 0 Å². The highest BCUT2D eigenvalue weighted by Crippen LogP contribution is 2.30. The summed E-state index contributed by atoms with van der Waals surface area (Å²) in [5.41, 5.74) is 0.946. The van der Waals surface area contributed by atoms with Crippen LogP contribution in [0.1, 0.15) is 5.76 Å². The third kappa shape index (κ3) is 3.90. The van der Waals surface area contributed by atoms with E-state index in [-0.39, 0.29) is 11.7 Å². The molecular formula is C17H13N5O4S. The third-order valence-corrected chi connectivity index (χ3v) is 4.24. The lowest BCUT2D eigenvalue weighted by atomic mass is 10.2. The fourth-order valence-electron chi connectivity index (χ4n) is 2.27. The molecule has 0 saturated carbocycles. The summed E-state index contributed by atoms with van der Waals surface area (Å²) in [4.78, 5) is 16.5. The number of amides is 1. The molecule has 27 heavy (non-hydrogen) atoms. The second-order valence-electron chi connectivity index (χ2n) is 5.41. The highest BCUT2D eigenvalue weighted by molar-refractivity contribution is 7.99. The van der Waals surface area contributed by atoms with Gasteiger partial charge in [0.2, 0.25) is 11.1 Å². The van der Waals surface area contributed by atoms with Crippen LogP contribution in [0.15, 0.2) is 61.4 Å². The van der Waals surface area contributed by atoms with Gasteiger partial charge in [-0.05, 0) is 31.2 Å². The van der Waals surface area contributed by atoms with E-state index in [4.69, 9.17) is 13.4 Å². The Hall–Kier alpha value is -3.40. The summed E-state index contributed by atoms with van der Waals surface area (Å²) >= 11 is 1.14. The zero-order valence-corrected chi connectivity index (χ0v) is 14.9. The van der Waals surface area contributed by atoms with Gasteiger partial charge in [-0.1, -0.05) is 16.9 Å². The molecule has 4 aromatic rings. The van der Waals surface area contributed by atoms with Gasteiger partial charge in [0.25, 0.3) is 0 Å². The zero-order chi connectivity index (χ0) is 18.6. The van der Waals surface area contributed by atoms with Crippen LogP contribution in [0, 0.1) is 6.92 Å². The number of furan rings is 2. The Morgan fingerprint density at radius 1 is 1.11 bits per heavy atom. The van der Waals surface area contributed by atoms with Crippen LogP contribution in [0.5, 0.6) is 0 Å². The highest BCUT2D eigenvalue weighted by atomic mass is 32.2. The number of hydrogen-bond donors (Lipinski definition) is 1. The largest absolute Gasteiger partial charge is 0.463 e. The smallest absolute Gasteiger partial charge is 0.236 e. The minimum atomic E-state index is -0.258. The first-order valence-corrected chi connectivity index (χ1v) is 8.86. The summed E-state index contributed by atoms with van der Waals surface area (Å²) in [7, 11) is 0. The van der Waals surface area contributed by atoms with E-state index in [1.807, 2.05) is 0 Å². The van der Waals surface area contributed by atoms with Crippen LogP contribution in [0.2, 0.25) is 0 Å². The van der Waals surface area contributed by atoms with Crippen molar-refractivity contribution in [1.29, 1.82) is 0 Å². The summed E-state index contributed by atoms with van der Waals surface area (Å²) in [5.74, 6) is 1.86. The quantitative estimate of drug-likeness (QED) is 0.499. The van der Waals surface area contributed by atoms with Crippen LogP contribution >= 0.6 is 11.8 Å². The highest BCUT2D eigenvalue weighted by Gasteiger charge is 2.18. The minimum absolute atomic E-state index is 0.0886. The molecular weight excluding hydrogens is 370 g/mol. The normalized spacial score (nSPS) is 10.9. The van der Waals surface area contributed by atoms with Crippen molar-refractivity contribution in [3.05, 3.63) is 48.6 Å². The first kappa shape index (κ1) is 17.0. The van der Waals surface area contributed by atoms with Crippen molar-refractivity contribution in [3.8, 4) is 22.9 Å². The van der Waals surface area contributed by atoms with Crippen molar-refractivity contribution in [2.45, 2.75) is 12.1 Å². The van der Waals surface area contributed by atoms with Gasteiger partial charge in [-0.25, -0.2) is 4.98 Å². The molecule has 0 radical (unpaired) electrons. The summed E-state index contributed by atoms with van der Waals surface area (Å²) in [6.45, 7) is 1.74. The maximum atomic E-state index is 12.0. The second-order valence-corrected chi connectivity index (χ2v) is 6.35. The fraction of sp³-hybridized carbons (Fsp3) is 0.118. The molecule has 1 amide bonds.